The average Bonchev–Trinajstić information content (AvgIpc) is 2.28. The number of anilines is 1. The molecular weight excluding hydrogens is 208 g/mol. The molecule has 0 fully saturated rings. The number of H-pyrrole nitrogens is 1. The summed E-state index contributed by atoms with van der Waals surface area (Å²) in [5, 5.41) is 8.85. The minimum atomic E-state index is -0.441. The summed E-state index contributed by atoms with van der Waals surface area (Å²) in [6.45, 7) is 4.41. The van der Waals surface area contributed by atoms with Crippen LogP contribution in [0.15, 0.2) is 11.0 Å². The minimum absolute atomic E-state index is 0.441. The lowest BCUT2D eigenvalue weighted by molar-refractivity contribution is 0.131. The largest absolute Gasteiger partial charge is 0.381 e. The predicted octanol–water partition coefficient (Wildman–Crippen LogP) is 0.784. The van der Waals surface area contributed by atoms with Crippen LogP contribution >= 0.6 is 0 Å². The molecule has 6 heteroatoms. The summed E-state index contributed by atoms with van der Waals surface area (Å²) >= 11 is 0. The van der Waals surface area contributed by atoms with Crippen LogP contribution in [0.4, 0.5) is 5.82 Å². The van der Waals surface area contributed by atoms with Crippen molar-refractivity contribution >= 4 is 5.82 Å². The molecule has 2 N–H and O–H groups in total. The van der Waals surface area contributed by atoms with Gasteiger partial charge in [-0.15, -0.1) is 0 Å². The highest BCUT2D eigenvalue weighted by Crippen LogP contribution is 1.94. The Bertz CT molecular complexity index is 340. The lowest BCUT2D eigenvalue weighted by Gasteiger charge is -2.05. The lowest BCUT2D eigenvalue weighted by atomic mass is 10.4. The SMILES string of the molecule is CCCCOCCCNc1cn[nH]c(=O)n1. The zero-order chi connectivity index (χ0) is 11.6. The summed E-state index contributed by atoms with van der Waals surface area (Å²) < 4.78 is 5.39. The van der Waals surface area contributed by atoms with Crippen LogP contribution in [-0.4, -0.2) is 34.9 Å². The third-order valence-electron chi connectivity index (χ3n) is 1.98. The number of hydrogen-bond acceptors (Lipinski definition) is 5. The predicted molar refractivity (Wildman–Crippen MR) is 61.5 cm³/mol. The second-order valence-corrected chi connectivity index (χ2v) is 3.42. The standard InChI is InChI=1S/C10H18N4O2/c1-2-3-6-16-7-4-5-11-9-8-12-14-10(15)13-9/h8H,2-7H2,1H3,(H2,11,13,14,15). The van der Waals surface area contributed by atoms with Gasteiger partial charge in [0, 0.05) is 19.8 Å². The normalized spacial score (nSPS) is 10.3. The Morgan fingerprint density at radius 3 is 3.00 bits per heavy atom. The van der Waals surface area contributed by atoms with Crippen molar-refractivity contribution in [2.75, 3.05) is 25.1 Å². The van der Waals surface area contributed by atoms with Crippen molar-refractivity contribution in [1.82, 2.24) is 15.2 Å². The Morgan fingerprint density at radius 1 is 1.44 bits per heavy atom. The first-order valence-corrected chi connectivity index (χ1v) is 5.56. The summed E-state index contributed by atoms with van der Waals surface area (Å²) in [4.78, 5) is 14.5. The molecule has 1 heterocycles. The van der Waals surface area contributed by atoms with Gasteiger partial charge in [-0.25, -0.2) is 9.89 Å². The van der Waals surface area contributed by atoms with Gasteiger partial charge in [-0.3, -0.25) is 0 Å². The molecule has 90 valence electrons. The number of unbranched alkanes of at least 4 members (excludes halogenated alkanes) is 1. The molecule has 0 radical (unpaired) electrons. The fourth-order valence-corrected chi connectivity index (χ4v) is 1.14. The molecule has 0 unspecified atom stereocenters. The second-order valence-electron chi connectivity index (χ2n) is 3.42. The highest BCUT2D eigenvalue weighted by atomic mass is 16.5. The summed E-state index contributed by atoms with van der Waals surface area (Å²) in [6.07, 6.45) is 4.63. The molecule has 0 saturated carbocycles. The van der Waals surface area contributed by atoms with E-state index in [0.29, 0.717) is 5.82 Å². The van der Waals surface area contributed by atoms with E-state index in [2.05, 4.69) is 27.4 Å². The minimum Gasteiger partial charge on any atom is -0.381 e. The van der Waals surface area contributed by atoms with Crippen molar-refractivity contribution in [2.45, 2.75) is 26.2 Å². The van der Waals surface area contributed by atoms with E-state index in [1.54, 1.807) is 0 Å². The van der Waals surface area contributed by atoms with Gasteiger partial charge in [0.25, 0.3) is 0 Å². The molecular formula is C10H18N4O2. The van der Waals surface area contributed by atoms with Crippen molar-refractivity contribution < 1.29 is 4.74 Å². The van der Waals surface area contributed by atoms with Crippen LogP contribution in [0.5, 0.6) is 0 Å². The number of aromatic nitrogens is 3. The summed E-state index contributed by atoms with van der Waals surface area (Å²) in [7, 11) is 0. The van der Waals surface area contributed by atoms with Gasteiger partial charge in [-0.1, -0.05) is 13.3 Å². The molecule has 1 aromatic rings. The van der Waals surface area contributed by atoms with E-state index >= 15 is 0 Å². The molecule has 0 amide bonds. The fourth-order valence-electron chi connectivity index (χ4n) is 1.14. The smallest absolute Gasteiger partial charge is 0.363 e. The fraction of sp³-hybridized carbons (Fsp3) is 0.700. The molecule has 1 rings (SSSR count). The molecule has 0 bridgehead atoms. The Labute approximate surface area is 94.4 Å². The zero-order valence-corrected chi connectivity index (χ0v) is 9.53. The summed E-state index contributed by atoms with van der Waals surface area (Å²) in [5.41, 5.74) is -0.441. The molecule has 0 aliphatic heterocycles. The Kier molecular flexibility index (Phi) is 6.17. The number of ether oxygens (including phenoxy) is 1. The van der Waals surface area contributed by atoms with Crippen LogP contribution in [0.25, 0.3) is 0 Å². The van der Waals surface area contributed by atoms with Gasteiger partial charge in [0.05, 0.1) is 6.20 Å². The Hall–Kier alpha value is -1.43. The first kappa shape index (κ1) is 12.6. The van der Waals surface area contributed by atoms with Crippen LogP contribution in [0.3, 0.4) is 0 Å². The maximum Gasteiger partial charge on any atom is 0.363 e. The zero-order valence-electron chi connectivity index (χ0n) is 9.53. The number of hydrogen-bond donors (Lipinski definition) is 2. The molecule has 6 nitrogen and oxygen atoms in total. The van der Waals surface area contributed by atoms with Gasteiger partial charge < -0.3 is 10.1 Å². The molecule has 0 aromatic carbocycles. The topological polar surface area (TPSA) is 79.9 Å². The lowest BCUT2D eigenvalue weighted by Crippen LogP contribution is -2.15. The maximum atomic E-state index is 10.8. The highest BCUT2D eigenvalue weighted by molar-refractivity contribution is 5.28. The Morgan fingerprint density at radius 2 is 2.25 bits per heavy atom. The van der Waals surface area contributed by atoms with Gasteiger partial charge >= 0.3 is 5.69 Å². The molecule has 0 aliphatic carbocycles. The molecule has 16 heavy (non-hydrogen) atoms. The van der Waals surface area contributed by atoms with Crippen LogP contribution < -0.4 is 11.0 Å². The first-order chi connectivity index (χ1) is 7.83. The molecule has 1 aromatic heterocycles. The van der Waals surface area contributed by atoms with Crippen molar-refractivity contribution in [2.24, 2.45) is 0 Å². The molecule has 0 saturated heterocycles. The number of rotatable bonds is 8. The van der Waals surface area contributed by atoms with Crippen LogP contribution in [-0.2, 0) is 4.74 Å². The van der Waals surface area contributed by atoms with E-state index in [1.165, 1.54) is 6.20 Å². The van der Waals surface area contributed by atoms with Gasteiger partial charge in [0.15, 0.2) is 5.82 Å². The van der Waals surface area contributed by atoms with Crippen molar-refractivity contribution in [3.05, 3.63) is 16.7 Å². The molecule has 0 spiro atoms. The number of aromatic amines is 1. The Balaban J connectivity index is 2.05. The number of nitrogens with one attached hydrogen (secondary N) is 2. The average molecular weight is 226 g/mol. The second kappa shape index (κ2) is 7.81. The monoisotopic (exact) mass is 226 g/mol. The van der Waals surface area contributed by atoms with Crippen LogP contribution in [0, 0.1) is 0 Å². The third-order valence-corrected chi connectivity index (χ3v) is 1.98. The van der Waals surface area contributed by atoms with Gasteiger partial charge in [0.1, 0.15) is 0 Å². The van der Waals surface area contributed by atoms with E-state index in [0.717, 1.165) is 39.0 Å². The van der Waals surface area contributed by atoms with E-state index in [1.807, 2.05) is 0 Å². The van der Waals surface area contributed by atoms with Gasteiger partial charge in [-0.05, 0) is 12.8 Å². The molecule has 0 atom stereocenters. The quantitative estimate of drug-likeness (QED) is 0.640. The summed E-state index contributed by atoms with van der Waals surface area (Å²) in [5.74, 6) is 0.498. The van der Waals surface area contributed by atoms with Crippen LogP contribution in [0.1, 0.15) is 26.2 Å². The maximum absolute atomic E-state index is 10.8. The van der Waals surface area contributed by atoms with Crippen molar-refractivity contribution in [3.63, 3.8) is 0 Å². The van der Waals surface area contributed by atoms with E-state index < -0.39 is 5.69 Å². The third kappa shape index (κ3) is 5.45. The molecule has 0 aliphatic rings. The van der Waals surface area contributed by atoms with E-state index in [-0.39, 0.29) is 0 Å². The number of nitrogens with zero attached hydrogens (tertiary/aromatic N) is 2. The summed E-state index contributed by atoms with van der Waals surface area (Å²) in [6, 6.07) is 0. The van der Waals surface area contributed by atoms with E-state index in [9.17, 15) is 4.79 Å². The highest BCUT2D eigenvalue weighted by Gasteiger charge is 1.94. The van der Waals surface area contributed by atoms with Gasteiger partial charge in [0.2, 0.25) is 0 Å². The van der Waals surface area contributed by atoms with Crippen molar-refractivity contribution in [3.8, 4) is 0 Å². The van der Waals surface area contributed by atoms with Crippen molar-refractivity contribution in [1.29, 1.82) is 0 Å². The first-order valence-electron chi connectivity index (χ1n) is 5.56. The van der Waals surface area contributed by atoms with Crippen LogP contribution in [0.2, 0.25) is 0 Å². The van der Waals surface area contributed by atoms with E-state index in [4.69, 9.17) is 4.74 Å². The van der Waals surface area contributed by atoms with Gasteiger partial charge in [-0.2, -0.15) is 10.1 Å².